The van der Waals surface area contributed by atoms with Crippen LogP contribution >= 0.6 is 0 Å². The van der Waals surface area contributed by atoms with Gasteiger partial charge in [-0.3, -0.25) is 9.59 Å². The van der Waals surface area contributed by atoms with Crippen LogP contribution in [0.3, 0.4) is 0 Å². The van der Waals surface area contributed by atoms with Crippen molar-refractivity contribution >= 4 is 21.8 Å². The van der Waals surface area contributed by atoms with E-state index in [0.717, 1.165) is 44.6 Å². The number of hydrogen-bond acceptors (Lipinski definition) is 5. The lowest BCUT2D eigenvalue weighted by Crippen LogP contribution is -2.72. The topological polar surface area (TPSA) is 98.8 Å². The van der Waals surface area contributed by atoms with Crippen LogP contribution in [0.5, 0.6) is 0 Å². The molecule has 0 aromatic heterocycles. The third-order valence-electron chi connectivity index (χ3n) is 7.89. The lowest BCUT2D eigenvalue weighted by Gasteiger charge is -2.51. The molecule has 2 aliphatic rings. The predicted molar refractivity (Wildman–Crippen MR) is 148 cm³/mol. The third-order valence-corrected chi connectivity index (χ3v) is 9.37. The van der Waals surface area contributed by atoms with Crippen LogP contribution in [0.4, 0.5) is 8.78 Å². The van der Waals surface area contributed by atoms with E-state index in [0.29, 0.717) is 44.7 Å². The quantitative estimate of drug-likeness (QED) is 0.378. The second kappa shape index (κ2) is 13.2. The average Bonchev–Trinajstić information content (AvgIpc) is 2.95. The lowest BCUT2D eigenvalue weighted by molar-refractivity contribution is -0.161. The van der Waals surface area contributed by atoms with Gasteiger partial charge in [0.1, 0.15) is 28.1 Å². The van der Waals surface area contributed by atoms with E-state index in [1.165, 1.54) is 5.56 Å². The van der Waals surface area contributed by atoms with Gasteiger partial charge in [0.25, 0.3) is 0 Å². The van der Waals surface area contributed by atoms with E-state index in [4.69, 9.17) is 0 Å². The Morgan fingerprint density at radius 2 is 1.75 bits per heavy atom. The van der Waals surface area contributed by atoms with Gasteiger partial charge in [0.05, 0.1) is 0 Å². The van der Waals surface area contributed by atoms with Gasteiger partial charge in [0.15, 0.2) is 0 Å². The minimum Gasteiger partial charge on any atom is -0.342 e. The molecule has 1 atom stereocenters. The van der Waals surface area contributed by atoms with Crippen LogP contribution in [-0.2, 0) is 26.0 Å². The Morgan fingerprint density at radius 3 is 2.45 bits per heavy atom. The van der Waals surface area contributed by atoms with Gasteiger partial charge < -0.3 is 15.1 Å². The fourth-order valence-corrected chi connectivity index (χ4v) is 6.80. The highest BCUT2D eigenvalue weighted by atomic mass is 32.2. The predicted octanol–water partition coefficient (Wildman–Crippen LogP) is 3.23. The molecule has 8 nitrogen and oxygen atoms in total. The standard InChI is InChI=1S/C29H38F2N4O4S/c1-2-17-35-27(36)25(10-6-7-16-32-40(38,39)26-21-23(30)11-12-24(26)31)33-28(37)29(35)14-19-34(20-15-29)18-13-22-8-4-3-5-9-22/h3-5,8-9,11-12,21,25,32H,2,6-7,10,13-20H2,1H3,(H,33,37)/t25-/m0/s1. The maximum atomic E-state index is 13.9. The van der Waals surface area contributed by atoms with Crippen molar-refractivity contribution in [3.8, 4) is 0 Å². The van der Waals surface area contributed by atoms with Crippen LogP contribution in [-0.4, -0.2) is 74.3 Å². The molecule has 2 saturated heterocycles. The second-order valence-corrected chi connectivity index (χ2v) is 12.3. The number of piperidine rings is 1. The number of nitrogens with zero attached hydrogens (tertiary/aromatic N) is 2. The van der Waals surface area contributed by atoms with Crippen LogP contribution in [0, 0.1) is 11.6 Å². The van der Waals surface area contributed by atoms with E-state index in [1.54, 1.807) is 4.90 Å². The van der Waals surface area contributed by atoms with Crippen molar-refractivity contribution in [1.82, 2.24) is 19.8 Å². The summed E-state index contributed by atoms with van der Waals surface area (Å²) in [7, 11) is -4.21. The molecule has 0 unspecified atom stereocenters. The van der Waals surface area contributed by atoms with E-state index < -0.39 is 38.1 Å². The molecule has 2 aromatic rings. The number of likely N-dealkylation sites (tertiary alicyclic amines) is 1. The van der Waals surface area contributed by atoms with Gasteiger partial charge in [-0.25, -0.2) is 21.9 Å². The Balaban J connectivity index is 1.28. The summed E-state index contributed by atoms with van der Waals surface area (Å²) in [5.41, 5.74) is 0.440. The second-order valence-electron chi connectivity index (χ2n) is 10.6. The lowest BCUT2D eigenvalue weighted by atomic mass is 9.81. The van der Waals surface area contributed by atoms with Crippen molar-refractivity contribution in [2.45, 2.75) is 68.3 Å². The number of amides is 2. The van der Waals surface area contributed by atoms with E-state index in [-0.39, 0.29) is 18.4 Å². The summed E-state index contributed by atoms with van der Waals surface area (Å²) in [4.78, 5) is 30.4. The van der Waals surface area contributed by atoms with Crippen molar-refractivity contribution in [3.63, 3.8) is 0 Å². The fraction of sp³-hybridized carbons (Fsp3) is 0.517. The van der Waals surface area contributed by atoms with Gasteiger partial charge in [-0.15, -0.1) is 0 Å². The summed E-state index contributed by atoms with van der Waals surface area (Å²) >= 11 is 0. The highest BCUT2D eigenvalue weighted by Crippen LogP contribution is 2.34. The maximum Gasteiger partial charge on any atom is 0.246 e. The molecule has 0 bridgehead atoms. The first-order valence-corrected chi connectivity index (χ1v) is 15.5. The van der Waals surface area contributed by atoms with Crippen LogP contribution in [0.2, 0.25) is 0 Å². The summed E-state index contributed by atoms with van der Waals surface area (Å²) in [5.74, 6) is -2.09. The molecule has 0 radical (unpaired) electrons. The van der Waals surface area contributed by atoms with Crippen LogP contribution in [0.25, 0.3) is 0 Å². The molecule has 0 aliphatic carbocycles. The number of carbonyl (C=O) groups is 2. The van der Waals surface area contributed by atoms with E-state index in [1.807, 2.05) is 25.1 Å². The zero-order chi connectivity index (χ0) is 28.8. The van der Waals surface area contributed by atoms with Crippen molar-refractivity contribution in [3.05, 3.63) is 65.7 Å². The summed E-state index contributed by atoms with van der Waals surface area (Å²) in [6.45, 7) is 4.88. The molecule has 2 aliphatic heterocycles. The van der Waals surface area contributed by atoms with Crippen LogP contribution in [0.15, 0.2) is 53.4 Å². The largest absolute Gasteiger partial charge is 0.342 e. The Bertz CT molecular complexity index is 1280. The summed E-state index contributed by atoms with van der Waals surface area (Å²) < 4.78 is 54.3. The van der Waals surface area contributed by atoms with E-state index >= 15 is 0 Å². The Kier molecular flexibility index (Phi) is 9.91. The van der Waals surface area contributed by atoms with Crippen molar-refractivity contribution in [2.75, 3.05) is 32.7 Å². The molecule has 2 heterocycles. The Morgan fingerprint density at radius 1 is 1.02 bits per heavy atom. The Labute approximate surface area is 235 Å². The molecule has 4 rings (SSSR count). The number of halogens is 2. The van der Waals surface area contributed by atoms with Gasteiger partial charge in [0.2, 0.25) is 21.8 Å². The van der Waals surface area contributed by atoms with Crippen LogP contribution in [0.1, 0.15) is 51.0 Å². The number of unbranched alkanes of at least 4 members (excludes halogenated alkanes) is 1. The van der Waals surface area contributed by atoms with Gasteiger partial charge in [-0.1, -0.05) is 37.3 Å². The molecule has 40 heavy (non-hydrogen) atoms. The summed E-state index contributed by atoms with van der Waals surface area (Å²) in [6, 6.07) is 11.9. The van der Waals surface area contributed by atoms with E-state index in [2.05, 4.69) is 27.1 Å². The van der Waals surface area contributed by atoms with E-state index in [9.17, 15) is 26.8 Å². The fourth-order valence-electron chi connectivity index (χ4n) is 5.64. The maximum absolute atomic E-state index is 13.9. The van der Waals surface area contributed by atoms with Crippen LogP contribution < -0.4 is 10.0 Å². The molecule has 11 heteroatoms. The molecule has 2 N–H and O–H groups in total. The van der Waals surface area contributed by atoms with Gasteiger partial charge in [0, 0.05) is 32.7 Å². The minimum atomic E-state index is -4.21. The SMILES string of the molecule is CCCN1C(=O)[C@H](CCCCNS(=O)(=O)c2cc(F)ccc2F)NC(=O)C12CCN(CCc1ccccc1)CC2. The Hall–Kier alpha value is -2.89. The summed E-state index contributed by atoms with van der Waals surface area (Å²) in [5, 5.41) is 2.96. The molecule has 2 amide bonds. The van der Waals surface area contributed by atoms with Crippen molar-refractivity contribution in [1.29, 1.82) is 0 Å². The monoisotopic (exact) mass is 576 g/mol. The first kappa shape index (κ1) is 30.1. The number of benzene rings is 2. The molecule has 1 spiro atoms. The van der Waals surface area contributed by atoms with Gasteiger partial charge in [-0.05, 0) is 68.7 Å². The first-order valence-electron chi connectivity index (χ1n) is 14.0. The average molecular weight is 577 g/mol. The minimum absolute atomic E-state index is 0.00539. The number of carbonyl (C=O) groups excluding carboxylic acids is 2. The van der Waals surface area contributed by atoms with Gasteiger partial charge >= 0.3 is 0 Å². The first-order chi connectivity index (χ1) is 19.2. The van der Waals surface area contributed by atoms with Crippen molar-refractivity contribution < 1.29 is 26.8 Å². The van der Waals surface area contributed by atoms with Crippen molar-refractivity contribution in [2.24, 2.45) is 0 Å². The molecule has 0 saturated carbocycles. The van der Waals surface area contributed by atoms with Gasteiger partial charge in [-0.2, -0.15) is 0 Å². The third kappa shape index (κ3) is 6.87. The molecular weight excluding hydrogens is 538 g/mol. The highest BCUT2D eigenvalue weighted by molar-refractivity contribution is 7.89. The number of nitrogens with one attached hydrogen (secondary N) is 2. The zero-order valence-electron chi connectivity index (χ0n) is 22.9. The molecule has 2 fully saturated rings. The molecule has 218 valence electrons. The number of sulfonamides is 1. The number of hydrogen-bond donors (Lipinski definition) is 2. The summed E-state index contributed by atoms with van der Waals surface area (Å²) in [6.07, 6.45) is 4.04. The zero-order valence-corrected chi connectivity index (χ0v) is 23.7. The smallest absolute Gasteiger partial charge is 0.246 e. The molecule has 2 aromatic carbocycles. The molecular formula is C29H38F2N4O4S. The number of piperazine rings is 1. The normalized spacial score (nSPS) is 19.7. The highest BCUT2D eigenvalue weighted by Gasteiger charge is 2.53. The number of rotatable bonds is 12.